The van der Waals surface area contributed by atoms with Gasteiger partial charge < -0.3 is 14.6 Å². The first-order chi connectivity index (χ1) is 8.74. The number of aliphatic hydroxyl groups is 1. The van der Waals surface area contributed by atoms with Gasteiger partial charge in [0.15, 0.2) is 0 Å². The zero-order valence-electron chi connectivity index (χ0n) is 10.1. The molecule has 0 saturated carbocycles. The second kappa shape index (κ2) is 4.86. The van der Waals surface area contributed by atoms with E-state index in [1.807, 2.05) is 0 Å². The zero-order chi connectivity index (χ0) is 12.5. The largest absolute Gasteiger partial charge is 0.490 e. The molecule has 0 aliphatic carbocycles. The standard InChI is InChI=1S/C14H17FO3/c15-10-3-4-13-11(6-10)12(16)7-14(18-13)9-2-1-5-17-8-9/h3-4,6,9,12,14,16H,1-2,5,7-8H2/t9?,12-,14?/m1/s1. The van der Waals surface area contributed by atoms with Crippen LogP contribution in [-0.2, 0) is 4.74 Å². The summed E-state index contributed by atoms with van der Waals surface area (Å²) in [5.74, 6) is 0.591. The van der Waals surface area contributed by atoms with Crippen LogP contribution >= 0.6 is 0 Å². The van der Waals surface area contributed by atoms with Crippen molar-refractivity contribution in [3.63, 3.8) is 0 Å². The van der Waals surface area contributed by atoms with Gasteiger partial charge in [-0.3, -0.25) is 0 Å². The van der Waals surface area contributed by atoms with E-state index in [1.54, 1.807) is 6.07 Å². The number of hydrogen-bond acceptors (Lipinski definition) is 3. The van der Waals surface area contributed by atoms with Gasteiger partial charge in [-0.1, -0.05) is 0 Å². The molecule has 3 nitrogen and oxygen atoms in total. The van der Waals surface area contributed by atoms with E-state index in [2.05, 4.69) is 0 Å². The van der Waals surface area contributed by atoms with Gasteiger partial charge in [-0.25, -0.2) is 4.39 Å². The van der Waals surface area contributed by atoms with Crippen LogP contribution in [0.5, 0.6) is 5.75 Å². The van der Waals surface area contributed by atoms with Crippen molar-refractivity contribution in [2.75, 3.05) is 13.2 Å². The number of halogens is 1. The molecule has 98 valence electrons. The predicted octanol–water partition coefficient (Wildman–Crippen LogP) is 2.44. The number of fused-ring (bicyclic) bond motifs is 1. The lowest BCUT2D eigenvalue weighted by molar-refractivity contribution is -0.0287. The van der Waals surface area contributed by atoms with Crippen LogP contribution in [0.2, 0.25) is 0 Å². The van der Waals surface area contributed by atoms with E-state index < -0.39 is 6.10 Å². The Morgan fingerprint density at radius 2 is 2.22 bits per heavy atom. The topological polar surface area (TPSA) is 38.7 Å². The van der Waals surface area contributed by atoms with Gasteiger partial charge in [0.05, 0.1) is 12.7 Å². The average molecular weight is 252 g/mol. The van der Waals surface area contributed by atoms with Gasteiger partial charge in [0.25, 0.3) is 0 Å². The summed E-state index contributed by atoms with van der Waals surface area (Å²) in [5, 5.41) is 10.1. The fourth-order valence-electron chi connectivity index (χ4n) is 2.79. The molecule has 2 heterocycles. The van der Waals surface area contributed by atoms with Gasteiger partial charge in [0.2, 0.25) is 0 Å². The van der Waals surface area contributed by atoms with Crippen LogP contribution < -0.4 is 4.74 Å². The van der Waals surface area contributed by atoms with Gasteiger partial charge >= 0.3 is 0 Å². The minimum atomic E-state index is -0.642. The van der Waals surface area contributed by atoms with Crippen molar-refractivity contribution in [3.8, 4) is 5.75 Å². The van der Waals surface area contributed by atoms with Crippen LogP contribution in [0.15, 0.2) is 18.2 Å². The van der Waals surface area contributed by atoms with Crippen LogP contribution in [0.1, 0.15) is 30.9 Å². The van der Waals surface area contributed by atoms with E-state index in [0.717, 1.165) is 19.4 Å². The minimum Gasteiger partial charge on any atom is -0.490 e. The second-order valence-corrected chi connectivity index (χ2v) is 5.07. The third kappa shape index (κ3) is 2.22. The lowest BCUT2D eigenvalue weighted by Crippen LogP contribution is -2.37. The average Bonchev–Trinajstić information content (AvgIpc) is 2.40. The molecule has 1 fully saturated rings. The molecule has 1 aromatic rings. The molecular formula is C14H17FO3. The molecule has 3 atom stereocenters. The molecule has 4 heteroatoms. The molecule has 2 aliphatic rings. The Labute approximate surface area is 106 Å². The van der Waals surface area contributed by atoms with Crippen LogP contribution in [0.25, 0.3) is 0 Å². The van der Waals surface area contributed by atoms with Crippen molar-refractivity contribution in [2.24, 2.45) is 5.92 Å². The highest BCUT2D eigenvalue weighted by Crippen LogP contribution is 2.38. The van der Waals surface area contributed by atoms with Crippen LogP contribution in [0, 0.1) is 11.7 Å². The van der Waals surface area contributed by atoms with Crippen molar-refractivity contribution in [1.82, 2.24) is 0 Å². The summed E-state index contributed by atoms with van der Waals surface area (Å²) in [4.78, 5) is 0. The summed E-state index contributed by atoms with van der Waals surface area (Å²) < 4.78 is 24.5. The normalized spacial score (nSPS) is 31.6. The van der Waals surface area contributed by atoms with E-state index in [0.29, 0.717) is 30.3 Å². The maximum atomic E-state index is 13.1. The molecule has 18 heavy (non-hydrogen) atoms. The Balaban J connectivity index is 1.80. The van der Waals surface area contributed by atoms with Gasteiger partial charge in [-0.2, -0.15) is 0 Å². The zero-order valence-corrected chi connectivity index (χ0v) is 10.1. The maximum Gasteiger partial charge on any atom is 0.125 e. The SMILES string of the molecule is O[C@@H]1CC(C2CCCOC2)Oc2ccc(F)cc21. The number of benzene rings is 1. The summed E-state index contributed by atoms with van der Waals surface area (Å²) >= 11 is 0. The molecule has 0 bridgehead atoms. The van der Waals surface area contributed by atoms with Crippen molar-refractivity contribution in [2.45, 2.75) is 31.5 Å². The monoisotopic (exact) mass is 252 g/mol. The fourth-order valence-corrected chi connectivity index (χ4v) is 2.79. The fraction of sp³-hybridized carbons (Fsp3) is 0.571. The summed E-state index contributed by atoms with van der Waals surface area (Å²) in [6.07, 6.45) is 1.95. The molecule has 0 amide bonds. The Hall–Kier alpha value is -1.13. The van der Waals surface area contributed by atoms with Crippen molar-refractivity contribution in [1.29, 1.82) is 0 Å². The summed E-state index contributed by atoms with van der Waals surface area (Å²) in [5.41, 5.74) is 0.558. The predicted molar refractivity (Wildman–Crippen MR) is 63.9 cm³/mol. The lowest BCUT2D eigenvalue weighted by Gasteiger charge is -2.36. The summed E-state index contributed by atoms with van der Waals surface area (Å²) in [6.45, 7) is 1.50. The molecule has 1 N–H and O–H groups in total. The smallest absolute Gasteiger partial charge is 0.125 e. The highest BCUT2D eigenvalue weighted by Gasteiger charge is 2.33. The Morgan fingerprint density at radius 3 is 3.00 bits per heavy atom. The van der Waals surface area contributed by atoms with Gasteiger partial charge in [-0.15, -0.1) is 0 Å². The highest BCUT2D eigenvalue weighted by molar-refractivity contribution is 5.37. The second-order valence-electron chi connectivity index (χ2n) is 5.07. The molecule has 2 unspecified atom stereocenters. The van der Waals surface area contributed by atoms with Crippen molar-refractivity contribution < 1.29 is 19.0 Å². The molecule has 0 aromatic heterocycles. The number of rotatable bonds is 1. The molecule has 2 aliphatic heterocycles. The van der Waals surface area contributed by atoms with Crippen molar-refractivity contribution >= 4 is 0 Å². The van der Waals surface area contributed by atoms with E-state index in [-0.39, 0.29) is 11.9 Å². The first kappa shape index (κ1) is 11.9. The number of hydrogen-bond donors (Lipinski definition) is 1. The first-order valence-electron chi connectivity index (χ1n) is 6.46. The van der Waals surface area contributed by atoms with Crippen LogP contribution in [0.4, 0.5) is 4.39 Å². The highest BCUT2D eigenvalue weighted by atomic mass is 19.1. The van der Waals surface area contributed by atoms with Crippen LogP contribution in [-0.4, -0.2) is 24.4 Å². The van der Waals surface area contributed by atoms with Gasteiger partial charge in [0, 0.05) is 24.5 Å². The summed E-state index contributed by atoms with van der Waals surface area (Å²) in [7, 11) is 0. The van der Waals surface area contributed by atoms with E-state index >= 15 is 0 Å². The molecule has 3 rings (SSSR count). The van der Waals surface area contributed by atoms with Gasteiger partial charge in [0.1, 0.15) is 17.7 Å². The van der Waals surface area contributed by atoms with E-state index in [1.165, 1.54) is 12.1 Å². The third-order valence-corrected chi connectivity index (χ3v) is 3.79. The summed E-state index contributed by atoms with van der Waals surface area (Å²) in [6, 6.07) is 4.32. The Kier molecular flexibility index (Phi) is 3.22. The molecular weight excluding hydrogens is 235 g/mol. The number of aliphatic hydroxyl groups excluding tert-OH is 1. The molecule has 1 aromatic carbocycles. The third-order valence-electron chi connectivity index (χ3n) is 3.79. The van der Waals surface area contributed by atoms with Crippen molar-refractivity contribution in [3.05, 3.63) is 29.6 Å². The lowest BCUT2D eigenvalue weighted by atomic mass is 9.88. The first-order valence-corrected chi connectivity index (χ1v) is 6.46. The Bertz CT molecular complexity index is 429. The van der Waals surface area contributed by atoms with E-state index in [4.69, 9.17) is 9.47 Å². The maximum absolute atomic E-state index is 13.1. The number of ether oxygens (including phenoxy) is 2. The Morgan fingerprint density at radius 1 is 1.33 bits per heavy atom. The molecule has 1 saturated heterocycles. The quantitative estimate of drug-likeness (QED) is 0.834. The minimum absolute atomic E-state index is 0.0294. The molecule has 0 radical (unpaired) electrons. The van der Waals surface area contributed by atoms with Crippen LogP contribution in [0.3, 0.4) is 0 Å². The molecule has 0 spiro atoms. The van der Waals surface area contributed by atoms with E-state index in [9.17, 15) is 9.50 Å². The van der Waals surface area contributed by atoms with Gasteiger partial charge in [-0.05, 0) is 31.0 Å².